The Morgan fingerprint density at radius 2 is 0.889 bits per heavy atom. The van der Waals surface area contributed by atoms with E-state index in [9.17, 15) is 0 Å². The van der Waals surface area contributed by atoms with Gasteiger partial charge in [-0.25, -0.2) is 0 Å². The number of hydrogen-bond acceptors (Lipinski definition) is 2. The van der Waals surface area contributed by atoms with Gasteiger partial charge in [-0.3, -0.25) is 0 Å². The normalized spacial score (nSPS) is 12.7. The molecule has 58 valence electrons. The molecule has 0 aromatic heterocycles. The number of halogens is 1. The smallest absolute Gasteiger partial charge is 0.0274 e. The molecule has 3 heteroatoms. The first-order chi connectivity index (χ1) is 3.25. The molecule has 0 saturated carbocycles. The number of hydrogen-bond donors (Lipinski definition) is 2. The molecule has 0 rings (SSSR count). The summed E-state index contributed by atoms with van der Waals surface area (Å²) in [5.74, 6) is 0. The van der Waals surface area contributed by atoms with Crippen molar-refractivity contribution in [2.45, 2.75) is 38.8 Å². The summed E-state index contributed by atoms with van der Waals surface area (Å²) in [5, 5.41) is 0. The van der Waals surface area contributed by atoms with Crippen LogP contribution in [0.4, 0.5) is 0 Å². The molecule has 4 N–H and O–H groups in total. The summed E-state index contributed by atoms with van der Waals surface area (Å²) in [5.41, 5.74) is 10.8. The minimum atomic E-state index is -0.285. The first-order valence-corrected chi connectivity index (χ1v) is 2.83. The van der Waals surface area contributed by atoms with Crippen LogP contribution >= 0.6 is 17.0 Å². The Bertz CT molecular complexity index is 66.0. The minimum Gasteiger partial charge on any atom is -0.324 e. The van der Waals surface area contributed by atoms with Gasteiger partial charge in [-0.05, 0) is 27.7 Å². The summed E-state index contributed by atoms with van der Waals surface area (Å²) in [4.78, 5) is 0. The van der Waals surface area contributed by atoms with E-state index in [-0.39, 0.29) is 28.1 Å². The molecule has 0 saturated heterocycles. The van der Waals surface area contributed by atoms with Crippen molar-refractivity contribution < 1.29 is 0 Å². The second kappa shape index (κ2) is 2.99. The Hall–Kier alpha value is 0.400. The zero-order chi connectivity index (χ0) is 7.00. The van der Waals surface area contributed by atoms with Crippen molar-refractivity contribution in [3.05, 3.63) is 0 Å². The SMILES string of the molecule is Br.CC(C)(N)C(C)(C)N. The average Bonchev–Trinajstić information content (AvgIpc) is 1.25. The van der Waals surface area contributed by atoms with Crippen molar-refractivity contribution in [2.75, 3.05) is 0 Å². The predicted molar refractivity (Wildman–Crippen MR) is 46.9 cm³/mol. The molecule has 0 aliphatic rings. The summed E-state index contributed by atoms with van der Waals surface area (Å²) in [6, 6.07) is 0. The fourth-order valence-corrected chi connectivity index (χ4v) is 0. The van der Waals surface area contributed by atoms with Gasteiger partial charge in [0.05, 0.1) is 0 Å². The van der Waals surface area contributed by atoms with E-state index < -0.39 is 0 Å². The van der Waals surface area contributed by atoms with Gasteiger partial charge < -0.3 is 11.5 Å². The lowest BCUT2D eigenvalue weighted by molar-refractivity contribution is 0.309. The Kier molecular flexibility index (Phi) is 4.03. The molecular formula is C6H17BrN2. The molecule has 2 nitrogen and oxygen atoms in total. The van der Waals surface area contributed by atoms with Crippen LogP contribution in [0.5, 0.6) is 0 Å². The molecule has 0 amide bonds. The molecule has 0 aromatic rings. The standard InChI is InChI=1S/C6H16N2.BrH/c1-5(2,7)6(3,4)8;/h7-8H2,1-4H3;1H. The van der Waals surface area contributed by atoms with Crippen LogP contribution in [0.15, 0.2) is 0 Å². The summed E-state index contributed by atoms with van der Waals surface area (Å²) >= 11 is 0. The van der Waals surface area contributed by atoms with Crippen molar-refractivity contribution in [1.29, 1.82) is 0 Å². The van der Waals surface area contributed by atoms with E-state index in [0.717, 1.165) is 0 Å². The molecule has 0 heterocycles. The molecule has 0 aliphatic carbocycles. The largest absolute Gasteiger partial charge is 0.324 e. The third-order valence-corrected chi connectivity index (χ3v) is 1.66. The maximum Gasteiger partial charge on any atom is 0.0274 e. The van der Waals surface area contributed by atoms with Crippen LogP contribution in [0.25, 0.3) is 0 Å². The van der Waals surface area contributed by atoms with Gasteiger partial charge in [-0.2, -0.15) is 0 Å². The van der Waals surface area contributed by atoms with Crippen LogP contribution in [0.1, 0.15) is 27.7 Å². The highest BCUT2D eigenvalue weighted by molar-refractivity contribution is 8.93. The van der Waals surface area contributed by atoms with Crippen LogP contribution in [0, 0.1) is 0 Å². The van der Waals surface area contributed by atoms with Crippen molar-refractivity contribution in [2.24, 2.45) is 11.5 Å². The van der Waals surface area contributed by atoms with Crippen molar-refractivity contribution in [3.63, 3.8) is 0 Å². The van der Waals surface area contributed by atoms with E-state index in [1.807, 2.05) is 27.7 Å². The molecule has 0 unspecified atom stereocenters. The third kappa shape index (κ3) is 3.89. The zero-order valence-electron chi connectivity index (χ0n) is 6.56. The van der Waals surface area contributed by atoms with Gasteiger partial charge in [-0.15, -0.1) is 17.0 Å². The van der Waals surface area contributed by atoms with E-state index in [4.69, 9.17) is 11.5 Å². The maximum absolute atomic E-state index is 5.69. The highest BCUT2D eigenvalue weighted by Crippen LogP contribution is 2.13. The quantitative estimate of drug-likeness (QED) is 0.659. The molecular weight excluding hydrogens is 180 g/mol. The van der Waals surface area contributed by atoms with Crippen LogP contribution < -0.4 is 11.5 Å². The predicted octanol–water partition coefficient (Wildman–Crippen LogP) is 1.04. The van der Waals surface area contributed by atoms with Gasteiger partial charge in [-0.1, -0.05) is 0 Å². The highest BCUT2D eigenvalue weighted by Gasteiger charge is 2.28. The fourth-order valence-electron chi connectivity index (χ4n) is 0. The maximum atomic E-state index is 5.69. The van der Waals surface area contributed by atoms with Gasteiger partial charge in [0.25, 0.3) is 0 Å². The van der Waals surface area contributed by atoms with Crippen molar-refractivity contribution in [1.82, 2.24) is 0 Å². The van der Waals surface area contributed by atoms with E-state index >= 15 is 0 Å². The van der Waals surface area contributed by atoms with Crippen LogP contribution in [0.2, 0.25) is 0 Å². The Labute approximate surface area is 67.8 Å². The van der Waals surface area contributed by atoms with Crippen LogP contribution in [-0.2, 0) is 0 Å². The molecule has 0 spiro atoms. The zero-order valence-corrected chi connectivity index (χ0v) is 8.28. The average molecular weight is 197 g/mol. The monoisotopic (exact) mass is 196 g/mol. The fraction of sp³-hybridized carbons (Fsp3) is 1.00. The van der Waals surface area contributed by atoms with E-state index in [2.05, 4.69) is 0 Å². The molecule has 0 aliphatic heterocycles. The Morgan fingerprint density at radius 3 is 0.889 bits per heavy atom. The highest BCUT2D eigenvalue weighted by atomic mass is 79.9. The molecule has 0 bridgehead atoms. The lowest BCUT2D eigenvalue weighted by atomic mass is 9.85. The van der Waals surface area contributed by atoms with Crippen molar-refractivity contribution >= 4 is 17.0 Å². The van der Waals surface area contributed by atoms with Gasteiger partial charge in [0.1, 0.15) is 0 Å². The molecule has 9 heavy (non-hydrogen) atoms. The van der Waals surface area contributed by atoms with E-state index in [1.54, 1.807) is 0 Å². The summed E-state index contributed by atoms with van der Waals surface area (Å²) < 4.78 is 0. The summed E-state index contributed by atoms with van der Waals surface area (Å²) in [7, 11) is 0. The van der Waals surface area contributed by atoms with Gasteiger partial charge in [0, 0.05) is 11.1 Å². The first-order valence-electron chi connectivity index (χ1n) is 2.83. The summed E-state index contributed by atoms with van der Waals surface area (Å²) in [6.07, 6.45) is 0. The number of rotatable bonds is 1. The Balaban J connectivity index is 0. The lowest BCUT2D eigenvalue weighted by Crippen LogP contribution is -2.58. The van der Waals surface area contributed by atoms with Crippen molar-refractivity contribution in [3.8, 4) is 0 Å². The molecule has 0 radical (unpaired) electrons. The Morgan fingerprint density at radius 1 is 0.778 bits per heavy atom. The second-order valence-electron chi connectivity index (χ2n) is 3.44. The first kappa shape index (κ1) is 12.1. The van der Waals surface area contributed by atoms with Crippen LogP contribution in [-0.4, -0.2) is 11.1 Å². The minimum absolute atomic E-state index is 0. The van der Waals surface area contributed by atoms with E-state index in [0.29, 0.717) is 0 Å². The lowest BCUT2D eigenvalue weighted by Gasteiger charge is -2.34. The third-order valence-electron chi connectivity index (χ3n) is 1.66. The van der Waals surface area contributed by atoms with E-state index in [1.165, 1.54) is 0 Å². The van der Waals surface area contributed by atoms with Gasteiger partial charge >= 0.3 is 0 Å². The molecule has 0 aromatic carbocycles. The van der Waals surface area contributed by atoms with Gasteiger partial charge in [0.2, 0.25) is 0 Å². The summed E-state index contributed by atoms with van der Waals surface area (Å²) in [6.45, 7) is 7.69. The topological polar surface area (TPSA) is 52.0 Å². The number of nitrogens with two attached hydrogens (primary N) is 2. The molecule has 0 atom stereocenters. The second-order valence-corrected chi connectivity index (χ2v) is 3.44. The molecule has 0 fully saturated rings. The van der Waals surface area contributed by atoms with Gasteiger partial charge in [0.15, 0.2) is 0 Å². The van der Waals surface area contributed by atoms with Crippen LogP contribution in [0.3, 0.4) is 0 Å².